The molecule has 0 spiro atoms. The van der Waals surface area contributed by atoms with Gasteiger partial charge in [0.25, 0.3) is 0 Å². The van der Waals surface area contributed by atoms with Gasteiger partial charge in [0.15, 0.2) is 5.71 Å². The number of nitrogens with zero attached hydrogens (tertiary/aromatic N) is 3. The summed E-state index contributed by atoms with van der Waals surface area (Å²) in [6, 6.07) is 7.38. The maximum atomic E-state index is 11.8. The van der Waals surface area contributed by atoms with E-state index < -0.39 is 0 Å². The van der Waals surface area contributed by atoms with E-state index in [-0.39, 0.29) is 5.78 Å². The maximum absolute atomic E-state index is 11.8. The average molecular weight is 183 g/mol. The van der Waals surface area contributed by atoms with Crippen molar-refractivity contribution in [3.63, 3.8) is 0 Å². The predicted octanol–water partition coefficient (Wildman–Crippen LogP) is 2.05. The van der Waals surface area contributed by atoms with Crippen molar-refractivity contribution in [2.24, 2.45) is 15.4 Å². The Bertz CT molecular complexity index is 526. The van der Waals surface area contributed by atoms with E-state index in [9.17, 15) is 4.79 Å². The van der Waals surface area contributed by atoms with E-state index in [0.29, 0.717) is 17.0 Å². The van der Waals surface area contributed by atoms with Crippen LogP contribution in [0.1, 0.15) is 15.9 Å². The smallest absolute Gasteiger partial charge is 0.216 e. The minimum Gasteiger partial charge on any atom is -0.287 e. The first-order chi connectivity index (χ1) is 6.86. The Morgan fingerprint density at radius 3 is 2.93 bits per heavy atom. The summed E-state index contributed by atoms with van der Waals surface area (Å²) in [6.45, 7) is 0. The zero-order valence-corrected chi connectivity index (χ0v) is 7.14. The summed E-state index contributed by atoms with van der Waals surface area (Å²) in [6.07, 6.45) is 1.83. The molecule has 0 unspecified atom stereocenters. The van der Waals surface area contributed by atoms with Gasteiger partial charge in [-0.25, -0.2) is 0 Å². The molecule has 2 aliphatic rings. The number of carbonyl (C=O) groups is 1. The molecule has 66 valence electrons. The van der Waals surface area contributed by atoms with Crippen LogP contribution in [0.15, 0.2) is 45.4 Å². The standard InChI is InChI=1S/C10H5N3O/c14-10-7-4-2-1-3-6(7)5-8-9(10)12-13-11-8/h1-5H. The Morgan fingerprint density at radius 2 is 2.00 bits per heavy atom. The minimum atomic E-state index is -0.0944. The van der Waals surface area contributed by atoms with E-state index in [1.807, 2.05) is 24.3 Å². The van der Waals surface area contributed by atoms with Gasteiger partial charge < -0.3 is 0 Å². The lowest BCUT2D eigenvalue weighted by molar-refractivity contribution is 0.106. The van der Waals surface area contributed by atoms with Crippen LogP contribution in [0.2, 0.25) is 0 Å². The lowest BCUT2D eigenvalue weighted by Gasteiger charge is -2.09. The molecule has 1 aliphatic heterocycles. The Labute approximate surface area is 79.7 Å². The fourth-order valence-corrected chi connectivity index (χ4v) is 1.58. The quantitative estimate of drug-likeness (QED) is 0.607. The molecular formula is C10H5N3O. The van der Waals surface area contributed by atoms with Crippen LogP contribution in [0.4, 0.5) is 0 Å². The molecule has 1 aliphatic carbocycles. The molecule has 1 aromatic carbocycles. The van der Waals surface area contributed by atoms with Crippen LogP contribution in [-0.2, 0) is 0 Å². The highest BCUT2D eigenvalue weighted by Gasteiger charge is 2.27. The number of ketones is 1. The van der Waals surface area contributed by atoms with Crippen molar-refractivity contribution in [3.05, 3.63) is 41.1 Å². The third-order valence-corrected chi connectivity index (χ3v) is 2.25. The molecule has 0 radical (unpaired) electrons. The molecule has 0 fully saturated rings. The van der Waals surface area contributed by atoms with Crippen LogP contribution in [0.3, 0.4) is 0 Å². The van der Waals surface area contributed by atoms with Gasteiger partial charge in [0, 0.05) is 5.56 Å². The van der Waals surface area contributed by atoms with Gasteiger partial charge in [0.2, 0.25) is 5.78 Å². The molecule has 4 heteroatoms. The normalized spacial score (nSPS) is 17.3. The maximum Gasteiger partial charge on any atom is 0.216 e. The second kappa shape index (κ2) is 2.45. The van der Waals surface area contributed by atoms with Crippen LogP contribution < -0.4 is 0 Å². The lowest BCUT2D eigenvalue weighted by atomic mass is 9.93. The molecule has 4 nitrogen and oxygen atoms in total. The van der Waals surface area contributed by atoms with E-state index in [0.717, 1.165) is 5.56 Å². The van der Waals surface area contributed by atoms with Crippen LogP contribution in [0.25, 0.3) is 6.08 Å². The van der Waals surface area contributed by atoms with Gasteiger partial charge in [0.1, 0.15) is 5.70 Å². The SMILES string of the molecule is O=C1C2=NN=NC2=Cc2ccccc21. The number of hydrogen-bond donors (Lipinski definition) is 0. The summed E-state index contributed by atoms with van der Waals surface area (Å²) < 4.78 is 0. The number of fused-ring (bicyclic) bond motifs is 2. The van der Waals surface area contributed by atoms with E-state index >= 15 is 0 Å². The van der Waals surface area contributed by atoms with Crippen LogP contribution in [-0.4, -0.2) is 11.5 Å². The van der Waals surface area contributed by atoms with Crippen molar-refractivity contribution >= 4 is 17.6 Å². The molecule has 0 bridgehead atoms. The number of hydrogen-bond acceptors (Lipinski definition) is 4. The first-order valence-corrected chi connectivity index (χ1v) is 4.21. The Balaban J connectivity index is 2.31. The van der Waals surface area contributed by atoms with Gasteiger partial charge in [-0.05, 0) is 16.9 Å². The van der Waals surface area contributed by atoms with Crippen LogP contribution >= 0.6 is 0 Å². The summed E-state index contributed by atoms with van der Waals surface area (Å²) in [5.74, 6) is -0.0944. The van der Waals surface area contributed by atoms with Gasteiger partial charge in [-0.1, -0.05) is 24.3 Å². The summed E-state index contributed by atoms with van der Waals surface area (Å²) >= 11 is 0. The first-order valence-electron chi connectivity index (χ1n) is 4.21. The second-order valence-electron chi connectivity index (χ2n) is 3.08. The zero-order valence-electron chi connectivity index (χ0n) is 7.14. The highest BCUT2D eigenvalue weighted by molar-refractivity contribution is 6.54. The molecule has 0 saturated heterocycles. The molecular weight excluding hydrogens is 178 g/mol. The molecule has 0 N–H and O–H groups in total. The molecule has 0 amide bonds. The van der Waals surface area contributed by atoms with Crippen molar-refractivity contribution in [1.82, 2.24) is 0 Å². The van der Waals surface area contributed by atoms with E-state index in [4.69, 9.17) is 0 Å². The number of allylic oxidation sites excluding steroid dienone is 1. The Morgan fingerprint density at radius 1 is 1.14 bits per heavy atom. The lowest BCUT2D eigenvalue weighted by Crippen LogP contribution is -2.18. The number of Topliss-reactive ketones (excluding diaryl/α,β-unsaturated/α-hetero) is 1. The minimum absolute atomic E-state index is 0.0944. The Hall–Kier alpha value is -2.10. The van der Waals surface area contributed by atoms with E-state index in [1.54, 1.807) is 6.07 Å². The second-order valence-corrected chi connectivity index (χ2v) is 3.08. The molecule has 3 rings (SSSR count). The van der Waals surface area contributed by atoms with Crippen molar-refractivity contribution in [3.8, 4) is 0 Å². The van der Waals surface area contributed by atoms with E-state index in [1.165, 1.54) is 0 Å². The van der Waals surface area contributed by atoms with Crippen molar-refractivity contribution < 1.29 is 4.79 Å². The van der Waals surface area contributed by atoms with Crippen LogP contribution in [0.5, 0.6) is 0 Å². The summed E-state index contributed by atoms with van der Waals surface area (Å²) in [5.41, 5.74) is 2.46. The van der Waals surface area contributed by atoms with Crippen molar-refractivity contribution in [1.29, 1.82) is 0 Å². The molecule has 1 aromatic rings. The van der Waals surface area contributed by atoms with Crippen LogP contribution in [0, 0.1) is 0 Å². The molecule has 0 aromatic heterocycles. The largest absolute Gasteiger partial charge is 0.287 e. The third-order valence-electron chi connectivity index (χ3n) is 2.25. The van der Waals surface area contributed by atoms with E-state index in [2.05, 4.69) is 15.4 Å². The number of carbonyl (C=O) groups excluding carboxylic acids is 1. The zero-order chi connectivity index (χ0) is 9.54. The van der Waals surface area contributed by atoms with Crippen molar-refractivity contribution in [2.45, 2.75) is 0 Å². The highest BCUT2D eigenvalue weighted by Crippen LogP contribution is 2.25. The molecule has 14 heavy (non-hydrogen) atoms. The summed E-state index contributed by atoms with van der Waals surface area (Å²) in [4.78, 5) is 11.8. The van der Waals surface area contributed by atoms with Gasteiger partial charge in [0.05, 0.1) is 0 Å². The average Bonchev–Trinajstić information content (AvgIpc) is 2.66. The number of rotatable bonds is 0. The monoisotopic (exact) mass is 183 g/mol. The fraction of sp³-hybridized carbons (Fsp3) is 0. The summed E-state index contributed by atoms with van der Waals surface area (Å²) in [5, 5.41) is 10.9. The first kappa shape index (κ1) is 7.32. The topological polar surface area (TPSA) is 54.1 Å². The third kappa shape index (κ3) is 0.821. The van der Waals surface area contributed by atoms with Gasteiger partial charge in [-0.15, -0.1) is 10.2 Å². The summed E-state index contributed by atoms with van der Waals surface area (Å²) in [7, 11) is 0. The van der Waals surface area contributed by atoms with Gasteiger partial charge >= 0.3 is 0 Å². The Kier molecular flexibility index (Phi) is 1.28. The molecule has 0 atom stereocenters. The number of benzene rings is 1. The van der Waals surface area contributed by atoms with Gasteiger partial charge in [-0.2, -0.15) is 0 Å². The highest BCUT2D eigenvalue weighted by atomic mass is 16.1. The van der Waals surface area contributed by atoms with Gasteiger partial charge in [-0.3, -0.25) is 4.79 Å². The predicted molar refractivity (Wildman–Crippen MR) is 51.0 cm³/mol. The molecule has 1 heterocycles. The fourth-order valence-electron chi connectivity index (χ4n) is 1.58. The van der Waals surface area contributed by atoms with Crippen molar-refractivity contribution in [2.75, 3.05) is 0 Å². The molecule has 0 saturated carbocycles.